The molecule has 100 valence electrons. The minimum absolute atomic E-state index is 0.0393. The molecule has 19 heavy (non-hydrogen) atoms. The minimum Gasteiger partial charge on any atom is -0.319 e. The molecule has 2 amide bonds. The molecule has 0 saturated carbocycles. The van der Waals surface area contributed by atoms with Gasteiger partial charge in [0.25, 0.3) is 0 Å². The SMILES string of the molecule is C#CN1C(=O)NC(CC)(C(F)(F)F)c2ccccc21. The Balaban J connectivity index is 2.74. The highest BCUT2D eigenvalue weighted by molar-refractivity contribution is 5.99. The van der Waals surface area contributed by atoms with Gasteiger partial charge in [-0.05, 0) is 12.5 Å². The van der Waals surface area contributed by atoms with Crippen molar-refractivity contribution < 1.29 is 18.0 Å². The normalized spacial score (nSPS) is 22.5. The van der Waals surface area contributed by atoms with Crippen LogP contribution >= 0.6 is 0 Å². The highest BCUT2D eigenvalue weighted by Crippen LogP contribution is 2.47. The van der Waals surface area contributed by atoms with Crippen molar-refractivity contribution in [2.45, 2.75) is 25.1 Å². The van der Waals surface area contributed by atoms with Gasteiger partial charge in [-0.2, -0.15) is 13.2 Å². The van der Waals surface area contributed by atoms with E-state index in [1.165, 1.54) is 25.1 Å². The summed E-state index contributed by atoms with van der Waals surface area (Å²) in [5.74, 6) is 0. The summed E-state index contributed by atoms with van der Waals surface area (Å²) in [5, 5.41) is 2.00. The van der Waals surface area contributed by atoms with E-state index in [0.29, 0.717) is 0 Å². The second-order valence-electron chi connectivity index (χ2n) is 4.17. The van der Waals surface area contributed by atoms with Gasteiger partial charge in [-0.25, -0.2) is 9.69 Å². The van der Waals surface area contributed by atoms with Crippen molar-refractivity contribution in [3.05, 3.63) is 29.8 Å². The Labute approximate surface area is 108 Å². The lowest BCUT2D eigenvalue weighted by molar-refractivity contribution is -0.198. The molecular formula is C13H11F3N2O. The number of benzene rings is 1. The van der Waals surface area contributed by atoms with E-state index in [0.717, 1.165) is 4.90 Å². The molecule has 0 spiro atoms. The first kappa shape index (κ1) is 13.3. The van der Waals surface area contributed by atoms with Crippen LogP contribution in [0.15, 0.2) is 24.3 Å². The molecule has 1 aromatic rings. The summed E-state index contributed by atoms with van der Waals surface area (Å²) >= 11 is 0. The number of hydrogen-bond donors (Lipinski definition) is 1. The largest absolute Gasteiger partial charge is 0.415 e. The van der Waals surface area contributed by atoms with Gasteiger partial charge < -0.3 is 5.32 Å². The molecule has 1 N–H and O–H groups in total. The Bertz CT molecular complexity index is 562. The van der Waals surface area contributed by atoms with Crippen LogP contribution in [0.4, 0.5) is 23.7 Å². The number of carbonyl (C=O) groups excluding carboxylic acids is 1. The first-order valence-electron chi connectivity index (χ1n) is 5.62. The number of alkyl halides is 3. The first-order valence-corrected chi connectivity index (χ1v) is 5.62. The molecule has 0 aromatic heterocycles. The summed E-state index contributed by atoms with van der Waals surface area (Å²) in [5.41, 5.74) is -2.34. The molecule has 0 aliphatic carbocycles. The number of urea groups is 1. The molecule has 0 radical (unpaired) electrons. The first-order chi connectivity index (χ1) is 8.87. The van der Waals surface area contributed by atoms with E-state index in [1.807, 2.05) is 5.32 Å². The Morgan fingerprint density at radius 3 is 2.58 bits per heavy atom. The zero-order valence-corrected chi connectivity index (χ0v) is 10.1. The van der Waals surface area contributed by atoms with Crippen LogP contribution in [0.25, 0.3) is 0 Å². The van der Waals surface area contributed by atoms with Gasteiger partial charge in [0, 0.05) is 11.6 Å². The van der Waals surface area contributed by atoms with E-state index in [1.54, 1.807) is 6.07 Å². The molecular weight excluding hydrogens is 257 g/mol. The van der Waals surface area contributed by atoms with E-state index in [4.69, 9.17) is 6.42 Å². The second-order valence-corrected chi connectivity index (χ2v) is 4.17. The van der Waals surface area contributed by atoms with Gasteiger partial charge in [0.2, 0.25) is 0 Å². The minimum atomic E-state index is -4.60. The van der Waals surface area contributed by atoms with Crippen molar-refractivity contribution in [1.29, 1.82) is 0 Å². The van der Waals surface area contributed by atoms with Gasteiger partial charge in [-0.1, -0.05) is 31.5 Å². The highest BCUT2D eigenvalue weighted by Gasteiger charge is 2.59. The Morgan fingerprint density at radius 1 is 1.42 bits per heavy atom. The molecule has 1 aliphatic heterocycles. The molecule has 0 saturated heterocycles. The quantitative estimate of drug-likeness (QED) is 0.780. The average Bonchev–Trinajstić information content (AvgIpc) is 2.36. The number of rotatable bonds is 1. The fraction of sp³-hybridized carbons (Fsp3) is 0.308. The monoisotopic (exact) mass is 268 g/mol. The van der Waals surface area contributed by atoms with Crippen LogP contribution in [0, 0.1) is 12.5 Å². The van der Waals surface area contributed by atoms with E-state index in [2.05, 4.69) is 6.04 Å². The number of nitrogens with one attached hydrogen (secondary N) is 1. The summed E-state index contributed by atoms with van der Waals surface area (Å²) in [6, 6.07) is 6.90. The Morgan fingerprint density at radius 2 is 2.05 bits per heavy atom. The van der Waals surface area contributed by atoms with Crippen LogP contribution < -0.4 is 10.2 Å². The summed E-state index contributed by atoms with van der Waals surface area (Å²) in [6.45, 7) is 1.37. The van der Waals surface area contributed by atoms with Crippen molar-refractivity contribution in [2.75, 3.05) is 4.90 Å². The van der Waals surface area contributed by atoms with Gasteiger partial charge in [0.15, 0.2) is 5.54 Å². The topological polar surface area (TPSA) is 32.3 Å². The number of hydrogen-bond acceptors (Lipinski definition) is 1. The predicted molar refractivity (Wildman–Crippen MR) is 64.3 cm³/mol. The maximum atomic E-state index is 13.4. The lowest BCUT2D eigenvalue weighted by Gasteiger charge is -2.42. The molecule has 0 fully saturated rings. The highest BCUT2D eigenvalue weighted by atomic mass is 19.4. The average molecular weight is 268 g/mol. The third-order valence-corrected chi connectivity index (χ3v) is 3.27. The van der Waals surface area contributed by atoms with Gasteiger partial charge in [0.05, 0.1) is 5.69 Å². The predicted octanol–water partition coefficient (Wildman–Crippen LogP) is 2.97. The van der Waals surface area contributed by atoms with Crippen LogP contribution in [-0.4, -0.2) is 12.2 Å². The van der Waals surface area contributed by atoms with Gasteiger partial charge in [-0.15, -0.1) is 0 Å². The number of fused-ring (bicyclic) bond motifs is 1. The van der Waals surface area contributed by atoms with E-state index >= 15 is 0 Å². The molecule has 1 heterocycles. The fourth-order valence-electron chi connectivity index (χ4n) is 2.28. The number of anilines is 1. The van der Waals surface area contributed by atoms with Crippen molar-refractivity contribution in [1.82, 2.24) is 5.32 Å². The van der Waals surface area contributed by atoms with Crippen LogP contribution in [0.5, 0.6) is 0 Å². The van der Waals surface area contributed by atoms with Crippen molar-refractivity contribution in [3.63, 3.8) is 0 Å². The lowest BCUT2D eigenvalue weighted by atomic mass is 9.83. The molecule has 3 nitrogen and oxygen atoms in total. The molecule has 6 heteroatoms. The third-order valence-electron chi connectivity index (χ3n) is 3.27. The van der Waals surface area contributed by atoms with Crippen LogP contribution in [0.1, 0.15) is 18.9 Å². The zero-order chi connectivity index (χ0) is 14.3. The molecule has 1 aromatic carbocycles. The van der Waals surface area contributed by atoms with Gasteiger partial charge >= 0.3 is 12.2 Å². The van der Waals surface area contributed by atoms with E-state index in [9.17, 15) is 18.0 Å². The standard InChI is InChI=1S/C13H11F3N2O/c1-3-12(13(14,15)16)9-7-5-6-8-10(9)18(4-2)11(19)17-12/h2,5-8H,3H2,1H3,(H,17,19). The van der Waals surface area contributed by atoms with Gasteiger partial charge in [0.1, 0.15) is 0 Å². The Kier molecular flexibility index (Phi) is 2.93. The number of para-hydroxylation sites is 1. The van der Waals surface area contributed by atoms with Crippen LogP contribution in [0.3, 0.4) is 0 Å². The summed E-state index contributed by atoms with van der Waals surface area (Å²) in [4.78, 5) is 12.6. The summed E-state index contributed by atoms with van der Waals surface area (Å²) in [6.07, 6.45) is 0.271. The van der Waals surface area contributed by atoms with Gasteiger partial charge in [-0.3, -0.25) is 0 Å². The zero-order valence-electron chi connectivity index (χ0n) is 10.1. The smallest absolute Gasteiger partial charge is 0.319 e. The van der Waals surface area contributed by atoms with Crippen molar-refractivity contribution in [2.24, 2.45) is 0 Å². The lowest BCUT2D eigenvalue weighted by Crippen LogP contribution is -2.61. The van der Waals surface area contributed by atoms with Crippen molar-refractivity contribution >= 4 is 11.7 Å². The number of nitrogens with zero attached hydrogens (tertiary/aromatic N) is 1. The maximum absolute atomic E-state index is 13.4. The number of halogens is 3. The second kappa shape index (κ2) is 4.19. The number of amides is 2. The van der Waals surface area contributed by atoms with Crippen LogP contribution in [0.2, 0.25) is 0 Å². The van der Waals surface area contributed by atoms with Crippen molar-refractivity contribution in [3.8, 4) is 12.5 Å². The van der Waals surface area contributed by atoms with E-state index < -0.39 is 17.7 Å². The summed E-state index contributed by atoms with van der Waals surface area (Å²) < 4.78 is 40.2. The number of carbonyl (C=O) groups is 1. The summed E-state index contributed by atoms with van der Waals surface area (Å²) in [7, 11) is 0. The Hall–Kier alpha value is -2.16. The molecule has 1 atom stereocenters. The maximum Gasteiger partial charge on any atom is 0.415 e. The molecule has 0 bridgehead atoms. The molecule has 1 aliphatic rings. The molecule has 2 rings (SSSR count). The third kappa shape index (κ3) is 1.73. The van der Waals surface area contributed by atoms with E-state index in [-0.39, 0.29) is 17.7 Å². The fourth-order valence-corrected chi connectivity index (χ4v) is 2.28. The van der Waals surface area contributed by atoms with Crippen LogP contribution in [-0.2, 0) is 5.54 Å². The number of terminal acetylenes is 1. The molecule has 1 unspecified atom stereocenters.